The van der Waals surface area contributed by atoms with Crippen molar-refractivity contribution in [1.29, 1.82) is 0 Å². The third-order valence-corrected chi connectivity index (χ3v) is 4.49. The molecule has 0 bridgehead atoms. The van der Waals surface area contributed by atoms with Crippen LogP contribution in [0.2, 0.25) is 0 Å². The van der Waals surface area contributed by atoms with Gasteiger partial charge in [-0.2, -0.15) is 0 Å². The summed E-state index contributed by atoms with van der Waals surface area (Å²) in [4.78, 5) is 2.53. The Bertz CT molecular complexity index is 211. The summed E-state index contributed by atoms with van der Waals surface area (Å²) in [5.74, 6) is 0.930. The lowest BCUT2D eigenvalue weighted by molar-refractivity contribution is 0.149. The standard InChI is InChI=1S/C15H30N2/c1-3-7-13-10-15(12-17(2)11-13)16-14-8-5-4-6-9-14/h13-16H,3-12H2,1-2H3. The average molecular weight is 238 g/mol. The number of hydrogen-bond donors (Lipinski definition) is 1. The second kappa shape index (κ2) is 6.75. The zero-order chi connectivity index (χ0) is 12.1. The number of rotatable bonds is 4. The second-order valence-electron chi connectivity index (χ2n) is 6.31. The molecule has 100 valence electrons. The molecule has 1 saturated carbocycles. The Hall–Kier alpha value is -0.0800. The molecule has 0 aromatic heterocycles. The summed E-state index contributed by atoms with van der Waals surface area (Å²) in [6.45, 7) is 4.89. The summed E-state index contributed by atoms with van der Waals surface area (Å²) >= 11 is 0. The highest BCUT2D eigenvalue weighted by Gasteiger charge is 2.26. The van der Waals surface area contributed by atoms with Crippen molar-refractivity contribution in [3.8, 4) is 0 Å². The summed E-state index contributed by atoms with van der Waals surface area (Å²) in [6, 6.07) is 1.58. The fraction of sp³-hybridized carbons (Fsp3) is 1.00. The minimum absolute atomic E-state index is 0.758. The van der Waals surface area contributed by atoms with E-state index in [0.717, 1.165) is 18.0 Å². The molecule has 2 aliphatic rings. The summed E-state index contributed by atoms with van der Waals surface area (Å²) in [7, 11) is 2.29. The number of likely N-dealkylation sites (N-methyl/N-ethyl adjacent to an activating group) is 1. The van der Waals surface area contributed by atoms with Gasteiger partial charge in [0.2, 0.25) is 0 Å². The third-order valence-electron chi connectivity index (χ3n) is 4.49. The smallest absolute Gasteiger partial charge is 0.0200 e. The van der Waals surface area contributed by atoms with Crippen LogP contribution in [0.5, 0.6) is 0 Å². The number of nitrogens with zero attached hydrogens (tertiary/aromatic N) is 1. The molecule has 2 heteroatoms. The second-order valence-corrected chi connectivity index (χ2v) is 6.31. The molecule has 2 rings (SSSR count). The first-order valence-electron chi connectivity index (χ1n) is 7.72. The van der Waals surface area contributed by atoms with Crippen molar-refractivity contribution in [1.82, 2.24) is 10.2 Å². The third kappa shape index (κ3) is 4.26. The molecular weight excluding hydrogens is 208 g/mol. The summed E-state index contributed by atoms with van der Waals surface area (Å²) in [5, 5.41) is 3.93. The number of likely N-dealkylation sites (tertiary alicyclic amines) is 1. The Morgan fingerprint density at radius 1 is 1.06 bits per heavy atom. The van der Waals surface area contributed by atoms with E-state index < -0.39 is 0 Å². The molecule has 2 atom stereocenters. The average Bonchev–Trinajstić information content (AvgIpc) is 2.30. The lowest BCUT2D eigenvalue weighted by Gasteiger charge is -2.38. The summed E-state index contributed by atoms with van der Waals surface area (Å²) in [5.41, 5.74) is 0. The van der Waals surface area contributed by atoms with Gasteiger partial charge in [0, 0.05) is 25.2 Å². The van der Waals surface area contributed by atoms with E-state index in [1.165, 1.54) is 64.5 Å². The fourth-order valence-electron chi connectivity index (χ4n) is 3.78. The van der Waals surface area contributed by atoms with Crippen LogP contribution in [0.3, 0.4) is 0 Å². The zero-order valence-electron chi connectivity index (χ0n) is 11.8. The molecule has 1 saturated heterocycles. The maximum atomic E-state index is 3.93. The van der Waals surface area contributed by atoms with Gasteiger partial charge in [-0.25, -0.2) is 0 Å². The van der Waals surface area contributed by atoms with Crippen LogP contribution in [-0.4, -0.2) is 37.1 Å². The van der Waals surface area contributed by atoms with E-state index in [4.69, 9.17) is 0 Å². The van der Waals surface area contributed by atoms with Gasteiger partial charge in [0.1, 0.15) is 0 Å². The lowest BCUT2D eigenvalue weighted by Crippen LogP contribution is -2.51. The number of piperidine rings is 1. The molecule has 2 nitrogen and oxygen atoms in total. The molecule has 1 N–H and O–H groups in total. The Morgan fingerprint density at radius 2 is 1.82 bits per heavy atom. The molecule has 0 radical (unpaired) electrons. The highest BCUT2D eigenvalue weighted by molar-refractivity contribution is 4.85. The molecule has 1 heterocycles. The number of nitrogens with one attached hydrogen (secondary N) is 1. The topological polar surface area (TPSA) is 15.3 Å². The monoisotopic (exact) mass is 238 g/mol. The summed E-state index contributed by atoms with van der Waals surface area (Å²) in [6.07, 6.45) is 11.3. The van der Waals surface area contributed by atoms with Crippen LogP contribution in [0, 0.1) is 5.92 Å². The highest BCUT2D eigenvalue weighted by Crippen LogP contribution is 2.23. The predicted molar refractivity (Wildman–Crippen MR) is 74.3 cm³/mol. The first kappa shape index (κ1) is 13.4. The van der Waals surface area contributed by atoms with Crippen LogP contribution in [0.25, 0.3) is 0 Å². The van der Waals surface area contributed by atoms with Gasteiger partial charge >= 0.3 is 0 Å². The predicted octanol–water partition coefficient (Wildman–Crippen LogP) is 3.03. The van der Waals surface area contributed by atoms with E-state index in [2.05, 4.69) is 24.2 Å². The molecule has 1 aliphatic heterocycles. The highest BCUT2D eigenvalue weighted by atomic mass is 15.1. The van der Waals surface area contributed by atoms with E-state index in [9.17, 15) is 0 Å². The minimum Gasteiger partial charge on any atom is -0.310 e. The van der Waals surface area contributed by atoms with E-state index in [1.54, 1.807) is 0 Å². The largest absolute Gasteiger partial charge is 0.310 e. The molecule has 0 aromatic rings. The van der Waals surface area contributed by atoms with Crippen LogP contribution in [0.1, 0.15) is 58.3 Å². The van der Waals surface area contributed by atoms with Crippen molar-refractivity contribution in [3.05, 3.63) is 0 Å². The maximum Gasteiger partial charge on any atom is 0.0200 e. The molecule has 0 aromatic carbocycles. The normalized spacial score (nSPS) is 32.8. The van der Waals surface area contributed by atoms with Gasteiger partial charge in [0.05, 0.1) is 0 Å². The van der Waals surface area contributed by atoms with Crippen LogP contribution in [-0.2, 0) is 0 Å². The van der Waals surface area contributed by atoms with Crippen molar-refractivity contribution >= 4 is 0 Å². The van der Waals surface area contributed by atoms with Gasteiger partial charge in [-0.15, -0.1) is 0 Å². The van der Waals surface area contributed by atoms with E-state index in [0.29, 0.717) is 0 Å². The van der Waals surface area contributed by atoms with Crippen LogP contribution >= 0.6 is 0 Å². The van der Waals surface area contributed by atoms with Gasteiger partial charge in [0.15, 0.2) is 0 Å². The van der Waals surface area contributed by atoms with Gasteiger partial charge in [-0.05, 0) is 38.6 Å². The molecule has 2 unspecified atom stereocenters. The molecule has 2 fully saturated rings. The quantitative estimate of drug-likeness (QED) is 0.810. The van der Waals surface area contributed by atoms with E-state index in [1.807, 2.05) is 0 Å². The molecule has 0 amide bonds. The van der Waals surface area contributed by atoms with Crippen LogP contribution in [0.15, 0.2) is 0 Å². The van der Waals surface area contributed by atoms with Gasteiger partial charge in [-0.3, -0.25) is 0 Å². The van der Waals surface area contributed by atoms with Crippen LogP contribution < -0.4 is 5.32 Å². The van der Waals surface area contributed by atoms with E-state index >= 15 is 0 Å². The van der Waals surface area contributed by atoms with Crippen molar-refractivity contribution in [2.75, 3.05) is 20.1 Å². The first-order valence-corrected chi connectivity index (χ1v) is 7.72. The van der Waals surface area contributed by atoms with Gasteiger partial charge in [0.25, 0.3) is 0 Å². The fourth-order valence-corrected chi connectivity index (χ4v) is 3.78. The lowest BCUT2D eigenvalue weighted by atomic mass is 9.89. The summed E-state index contributed by atoms with van der Waals surface area (Å²) < 4.78 is 0. The minimum atomic E-state index is 0.758. The molecule has 17 heavy (non-hydrogen) atoms. The van der Waals surface area contributed by atoms with Crippen molar-refractivity contribution < 1.29 is 0 Å². The van der Waals surface area contributed by atoms with Crippen LogP contribution in [0.4, 0.5) is 0 Å². The van der Waals surface area contributed by atoms with E-state index in [-0.39, 0.29) is 0 Å². The molecular formula is C15H30N2. The van der Waals surface area contributed by atoms with Crippen molar-refractivity contribution in [2.45, 2.75) is 70.4 Å². The molecule has 1 aliphatic carbocycles. The maximum absolute atomic E-state index is 3.93. The Labute approximate surface area is 107 Å². The Kier molecular flexibility index (Phi) is 5.30. The molecule has 0 spiro atoms. The van der Waals surface area contributed by atoms with Gasteiger partial charge < -0.3 is 10.2 Å². The van der Waals surface area contributed by atoms with Crippen molar-refractivity contribution in [3.63, 3.8) is 0 Å². The number of hydrogen-bond acceptors (Lipinski definition) is 2. The SMILES string of the molecule is CCCC1CC(NC2CCCCC2)CN(C)C1. The Morgan fingerprint density at radius 3 is 2.53 bits per heavy atom. The Balaban J connectivity index is 1.78. The zero-order valence-corrected chi connectivity index (χ0v) is 11.8. The first-order chi connectivity index (χ1) is 8.28. The van der Waals surface area contributed by atoms with Crippen molar-refractivity contribution in [2.24, 2.45) is 5.92 Å². The van der Waals surface area contributed by atoms with Gasteiger partial charge in [-0.1, -0.05) is 32.6 Å².